The molecule has 4 fully saturated rings. The topological polar surface area (TPSA) is 210 Å². The van der Waals surface area contributed by atoms with Gasteiger partial charge in [-0.05, 0) is 160 Å². The van der Waals surface area contributed by atoms with Crippen molar-refractivity contribution in [2.45, 2.75) is 176 Å². The maximum atomic E-state index is 13.8. The highest BCUT2D eigenvalue weighted by molar-refractivity contribution is 8.24. The van der Waals surface area contributed by atoms with Crippen molar-refractivity contribution >= 4 is 59.3 Å². The van der Waals surface area contributed by atoms with Gasteiger partial charge in [0.15, 0.2) is 0 Å². The fourth-order valence-electron chi connectivity index (χ4n) is 10.1. The first-order valence-corrected chi connectivity index (χ1v) is 28.0. The molecule has 0 bridgehead atoms. The van der Waals surface area contributed by atoms with Crippen LogP contribution in [0.4, 0.5) is 0 Å². The maximum absolute atomic E-state index is 13.8. The number of allylic oxidation sites excluding steroid dienone is 1. The molecule has 4 saturated carbocycles. The Hall–Kier alpha value is -4.71. The molecule has 6 rings (SSSR count). The molecular weight excluding hydrogens is 995 g/mol. The molecule has 4 aliphatic carbocycles. The smallest absolute Gasteiger partial charge is 0.338 e. The SMILES string of the molecule is [C-]#[N+]/C(C(=O)OC(C)C)=C1/Sc2c(OC(=O)C3CCC(OC(=O)C4CCC(OCCCCOC(=O)C=C)CC4)CC3)ccc(OC(=O)C3CCC(OC(=O)C4CCC(C(=C)CCCOCCOO)CC4)CC3)c2S1. The molecule has 1 aromatic carbocycles. The molecule has 17 nitrogen and oxygen atoms in total. The number of unbranched alkanes of at least 4 members (excludes halogenated alkanes) is 1. The number of nitrogens with zero attached hydrogens (tertiary/aromatic N) is 1. The zero-order chi connectivity index (χ0) is 53.0. The lowest BCUT2D eigenvalue weighted by atomic mass is 9.78. The van der Waals surface area contributed by atoms with Crippen LogP contribution in [0, 0.1) is 36.2 Å². The molecule has 0 aromatic heterocycles. The van der Waals surface area contributed by atoms with E-state index in [9.17, 15) is 28.8 Å². The molecule has 1 aliphatic heterocycles. The predicted octanol–water partition coefficient (Wildman–Crippen LogP) is 10.7. The van der Waals surface area contributed by atoms with Crippen LogP contribution in [0.15, 0.2) is 56.7 Å². The van der Waals surface area contributed by atoms with Crippen LogP contribution in [0.3, 0.4) is 0 Å². The number of carbonyl (C=O) groups is 6. The Bertz CT molecular complexity index is 2190. The quantitative estimate of drug-likeness (QED) is 0.0111. The van der Waals surface area contributed by atoms with Crippen molar-refractivity contribution in [1.29, 1.82) is 0 Å². The van der Waals surface area contributed by atoms with E-state index in [2.05, 4.69) is 22.9 Å². The number of thioether (sulfide) groups is 2. The Morgan fingerprint density at radius 3 is 1.61 bits per heavy atom. The molecule has 0 saturated heterocycles. The van der Waals surface area contributed by atoms with Gasteiger partial charge in [0.05, 0.1) is 69.7 Å². The van der Waals surface area contributed by atoms with Gasteiger partial charge in [0.1, 0.15) is 30.3 Å². The number of hydrogen-bond donors (Lipinski definition) is 1. The highest BCUT2D eigenvalue weighted by Crippen LogP contribution is 2.59. The zero-order valence-electron chi connectivity index (χ0n) is 42.9. The summed E-state index contributed by atoms with van der Waals surface area (Å²) in [6, 6.07) is 3.12. The van der Waals surface area contributed by atoms with Crippen LogP contribution in [-0.4, -0.2) is 98.5 Å². The molecule has 1 aromatic rings. The van der Waals surface area contributed by atoms with Gasteiger partial charge in [-0.15, -0.1) is 0 Å². The highest BCUT2D eigenvalue weighted by atomic mass is 32.2. The lowest BCUT2D eigenvalue weighted by Gasteiger charge is -2.31. The molecule has 0 atom stereocenters. The van der Waals surface area contributed by atoms with Crippen LogP contribution in [0.2, 0.25) is 0 Å². The number of rotatable bonds is 25. The van der Waals surface area contributed by atoms with E-state index in [0.29, 0.717) is 117 Å². The first-order chi connectivity index (χ1) is 35.8. The number of esters is 6. The summed E-state index contributed by atoms with van der Waals surface area (Å²) in [6.07, 6.45) is 13.3. The summed E-state index contributed by atoms with van der Waals surface area (Å²) in [5.41, 5.74) is 0.935. The summed E-state index contributed by atoms with van der Waals surface area (Å²) in [7, 11) is 0. The average molecular weight is 1070 g/mol. The molecule has 0 radical (unpaired) electrons. The monoisotopic (exact) mass is 1070 g/mol. The fraction of sp³-hybridized carbons (Fsp3) is 0.655. The van der Waals surface area contributed by atoms with E-state index >= 15 is 0 Å². The van der Waals surface area contributed by atoms with Crippen molar-refractivity contribution in [2.24, 2.45) is 29.6 Å². The summed E-state index contributed by atoms with van der Waals surface area (Å²) in [6.45, 7) is 20.8. The fourth-order valence-corrected chi connectivity index (χ4v) is 12.6. The van der Waals surface area contributed by atoms with Crippen molar-refractivity contribution in [3.8, 4) is 11.5 Å². The lowest BCUT2D eigenvalue weighted by molar-refractivity contribution is -0.249. The second-order valence-corrected chi connectivity index (χ2v) is 22.3. The average Bonchev–Trinajstić information content (AvgIpc) is 3.85. The van der Waals surface area contributed by atoms with Crippen LogP contribution >= 0.6 is 23.5 Å². The van der Waals surface area contributed by atoms with Gasteiger partial charge in [-0.1, -0.05) is 42.3 Å². The number of ether oxygens (including phenoxy) is 8. The highest BCUT2D eigenvalue weighted by Gasteiger charge is 2.38. The van der Waals surface area contributed by atoms with Crippen molar-refractivity contribution in [3.63, 3.8) is 0 Å². The largest absolute Gasteiger partial charge is 0.468 e. The Kier molecular flexibility index (Phi) is 23.8. The number of hydrogen-bond acceptors (Lipinski definition) is 18. The molecule has 5 aliphatic rings. The van der Waals surface area contributed by atoms with Gasteiger partial charge in [-0.2, -0.15) is 0 Å². The third-order valence-electron chi connectivity index (χ3n) is 14.3. The van der Waals surface area contributed by atoms with E-state index in [4.69, 9.17) is 49.7 Å². The van der Waals surface area contributed by atoms with Gasteiger partial charge in [-0.3, -0.25) is 29.2 Å². The molecule has 19 heteroatoms. The van der Waals surface area contributed by atoms with Crippen LogP contribution in [0.1, 0.15) is 142 Å². The van der Waals surface area contributed by atoms with Crippen LogP contribution in [0.25, 0.3) is 4.85 Å². The van der Waals surface area contributed by atoms with Crippen LogP contribution in [0.5, 0.6) is 11.5 Å². The number of carbonyl (C=O) groups excluding carboxylic acids is 6. The number of fused-ring (bicyclic) bond motifs is 1. The first-order valence-electron chi connectivity index (χ1n) is 26.4. The van der Waals surface area contributed by atoms with Gasteiger partial charge in [0.2, 0.25) is 0 Å². The Morgan fingerprint density at radius 1 is 0.649 bits per heavy atom. The summed E-state index contributed by atoms with van der Waals surface area (Å²) in [5.74, 6) is -3.04. The van der Waals surface area contributed by atoms with Crippen molar-refractivity contribution in [1.82, 2.24) is 0 Å². The van der Waals surface area contributed by atoms with E-state index in [0.717, 1.165) is 87.4 Å². The maximum Gasteiger partial charge on any atom is 0.338 e. The molecule has 74 heavy (non-hydrogen) atoms. The summed E-state index contributed by atoms with van der Waals surface area (Å²) in [5, 5.41) is 8.41. The molecule has 0 unspecified atom stereocenters. The zero-order valence-corrected chi connectivity index (χ0v) is 44.5. The third kappa shape index (κ3) is 17.7. The van der Waals surface area contributed by atoms with Gasteiger partial charge < -0.3 is 37.9 Å². The van der Waals surface area contributed by atoms with Crippen LogP contribution < -0.4 is 9.47 Å². The predicted molar refractivity (Wildman–Crippen MR) is 273 cm³/mol. The second kappa shape index (κ2) is 30.1. The second-order valence-electron chi connectivity index (χ2n) is 20.0. The number of benzene rings is 1. The third-order valence-corrected chi connectivity index (χ3v) is 16.9. The van der Waals surface area contributed by atoms with Gasteiger partial charge in [-0.25, -0.2) is 14.5 Å². The van der Waals surface area contributed by atoms with Crippen molar-refractivity contribution in [3.05, 3.63) is 58.3 Å². The van der Waals surface area contributed by atoms with E-state index in [1.165, 1.54) is 5.57 Å². The summed E-state index contributed by atoms with van der Waals surface area (Å²) >= 11 is 2.16. The summed E-state index contributed by atoms with van der Waals surface area (Å²) < 4.78 is 46.1. The van der Waals surface area contributed by atoms with Crippen molar-refractivity contribution in [2.75, 3.05) is 33.0 Å². The van der Waals surface area contributed by atoms with E-state index in [1.54, 1.807) is 26.0 Å². The van der Waals surface area contributed by atoms with E-state index in [-0.39, 0.29) is 65.9 Å². The minimum Gasteiger partial charge on any atom is -0.468 e. The molecule has 406 valence electrons. The molecule has 0 amide bonds. The first kappa shape index (κ1) is 58.5. The van der Waals surface area contributed by atoms with Gasteiger partial charge in [0.25, 0.3) is 5.70 Å². The Labute approximate surface area is 443 Å². The standard InChI is InChI=1S/C55H73NO16S2/c1-6-46(57)66-31-8-7-30-65-41-21-15-38(16-22-41)51(59)70-43-25-19-40(20-26-43)53(61)72-45-28-27-44(48-49(45)74-55(73-48)47(56-5)54(62)68-34(2)3)71-52(60)39-17-23-42(24-18-39)69-50(58)37-13-11-36(12-14-37)35(4)10-9-29-64-32-33-67-63/h6,27-28,34,36-43,63H,1,4,7-26,29-33H2,2-3H3/b55-47+. The Balaban J connectivity index is 0.966. The minimum absolute atomic E-state index is 0.0783. The Morgan fingerprint density at radius 2 is 1.12 bits per heavy atom. The van der Waals surface area contributed by atoms with Crippen LogP contribution in [-0.2, 0) is 62.1 Å². The van der Waals surface area contributed by atoms with Crippen molar-refractivity contribution < 1.29 is 76.8 Å². The van der Waals surface area contributed by atoms with Gasteiger partial charge >= 0.3 is 35.8 Å². The normalized spacial score (nSPS) is 25.3. The molecule has 0 spiro atoms. The van der Waals surface area contributed by atoms with Gasteiger partial charge in [0, 0.05) is 19.3 Å². The van der Waals surface area contributed by atoms with E-state index in [1.807, 2.05) is 0 Å². The molecular formula is C55H73NO16S2. The molecule has 1 heterocycles. The van der Waals surface area contributed by atoms with E-state index < -0.39 is 41.8 Å². The summed E-state index contributed by atoms with van der Waals surface area (Å²) in [4.78, 5) is 86.5. The minimum atomic E-state index is -0.792. The lowest BCUT2D eigenvalue weighted by Crippen LogP contribution is -2.33. The molecule has 1 N–H and O–H groups in total.